The monoisotopic (exact) mass is 451 g/mol. The maximum atomic E-state index is 12.6. The van der Waals surface area contributed by atoms with Crippen LogP contribution in [-0.4, -0.2) is 19.5 Å². The van der Waals surface area contributed by atoms with Crippen molar-refractivity contribution >= 4 is 56.2 Å². The van der Waals surface area contributed by atoms with Crippen LogP contribution in [-0.2, 0) is 10.0 Å². The predicted octanol–water partition coefficient (Wildman–Crippen LogP) is 4.95. The van der Waals surface area contributed by atoms with Gasteiger partial charge in [-0.3, -0.25) is 4.72 Å². The molecule has 0 aliphatic carbocycles. The minimum Gasteiger partial charge on any atom is -0.478 e. The SMILES string of the molecule is O=C(O)c1ccc(C#Cc2ccccc2NS(=O)(=O)c2cc(Cl)c(Cl)s2)cc1. The molecule has 0 aliphatic heterocycles. The van der Waals surface area contributed by atoms with Crippen molar-refractivity contribution in [3.05, 3.63) is 80.6 Å². The Labute approximate surface area is 175 Å². The number of carbonyl (C=O) groups is 1. The van der Waals surface area contributed by atoms with Gasteiger partial charge in [0, 0.05) is 11.1 Å². The van der Waals surface area contributed by atoms with Gasteiger partial charge < -0.3 is 5.11 Å². The fraction of sp³-hybridized carbons (Fsp3) is 0. The summed E-state index contributed by atoms with van der Waals surface area (Å²) < 4.78 is 27.8. The van der Waals surface area contributed by atoms with Crippen molar-refractivity contribution in [2.45, 2.75) is 4.21 Å². The Kier molecular flexibility index (Phi) is 5.96. The van der Waals surface area contributed by atoms with Crippen molar-refractivity contribution in [1.82, 2.24) is 0 Å². The van der Waals surface area contributed by atoms with Gasteiger partial charge in [-0.2, -0.15) is 0 Å². The number of anilines is 1. The molecule has 9 heteroatoms. The van der Waals surface area contributed by atoms with Gasteiger partial charge in [-0.1, -0.05) is 47.2 Å². The second-order valence-corrected chi connectivity index (χ2v) is 9.44. The molecule has 2 N–H and O–H groups in total. The van der Waals surface area contributed by atoms with Crippen molar-refractivity contribution in [1.29, 1.82) is 0 Å². The summed E-state index contributed by atoms with van der Waals surface area (Å²) in [7, 11) is -3.87. The lowest BCUT2D eigenvalue weighted by molar-refractivity contribution is 0.0697. The molecule has 0 unspecified atom stereocenters. The Hall–Kier alpha value is -2.50. The third-order valence-corrected chi connectivity index (χ3v) is 7.24. The van der Waals surface area contributed by atoms with Gasteiger partial charge in [0.15, 0.2) is 0 Å². The van der Waals surface area contributed by atoms with Crippen LogP contribution in [0.3, 0.4) is 0 Å². The van der Waals surface area contributed by atoms with Crippen LogP contribution in [0, 0.1) is 11.8 Å². The van der Waals surface area contributed by atoms with Crippen molar-refractivity contribution in [3.63, 3.8) is 0 Å². The average molecular weight is 452 g/mol. The summed E-state index contributed by atoms with van der Waals surface area (Å²) in [6.45, 7) is 0. The van der Waals surface area contributed by atoms with Gasteiger partial charge in [0.2, 0.25) is 0 Å². The minimum atomic E-state index is -3.87. The lowest BCUT2D eigenvalue weighted by atomic mass is 10.1. The van der Waals surface area contributed by atoms with E-state index in [2.05, 4.69) is 16.6 Å². The summed E-state index contributed by atoms with van der Waals surface area (Å²) in [5, 5.41) is 9.10. The molecular weight excluding hydrogens is 441 g/mol. The van der Waals surface area contributed by atoms with Gasteiger partial charge in [-0.05, 0) is 42.5 Å². The molecule has 0 saturated carbocycles. The van der Waals surface area contributed by atoms with Crippen molar-refractivity contribution in [3.8, 4) is 11.8 Å². The molecule has 0 amide bonds. The zero-order valence-electron chi connectivity index (χ0n) is 13.9. The molecule has 0 radical (unpaired) electrons. The van der Waals surface area contributed by atoms with E-state index in [0.717, 1.165) is 11.3 Å². The summed E-state index contributed by atoms with van der Waals surface area (Å²) in [4.78, 5) is 10.9. The van der Waals surface area contributed by atoms with E-state index in [1.54, 1.807) is 36.4 Å². The Balaban J connectivity index is 1.89. The smallest absolute Gasteiger partial charge is 0.335 e. The van der Waals surface area contributed by atoms with Crippen LogP contribution >= 0.6 is 34.5 Å². The molecular formula is C19H11Cl2NO4S2. The van der Waals surface area contributed by atoms with Crippen LogP contribution in [0.2, 0.25) is 9.36 Å². The first-order chi connectivity index (χ1) is 13.3. The predicted molar refractivity (Wildman–Crippen MR) is 111 cm³/mol. The highest BCUT2D eigenvalue weighted by molar-refractivity contribution is 7.94. The fourth-order valence-corrected chi connectivity index (χ4v) is 5.13. The number of para-hydroxylation sites is 1. The van der Waals surface area contributed by atoms with E-state index < -0.39 is 16.0 Å². The number of aromatic carboxylic acids is 1. The number of sulfonamides is 1. The largest absolute Gasteiger partial charge is 0.478 e. The number of nitrogens with one attached hydrogen (secondary N) is 1. The first-order valence-corrected chi connectivity index (χ1v) is 10.7. The van der Waals surface area contributed by atoms with Crippen LogP contribution in [0.5, 0.6) is 0 Å². The molecule has 2 aromatic carbocycles. The maximum Gasteiger partial charge on any atom is 0.335 e. The summed E-state index contributed by atoms with van der Waals surface area (Å²) in [5.74, 6) is 4.76. The molecule has 3 aromatic rings. The first-order valence-electron chi connectivity index (χ1n) is 7.68. The van der Waals surface area contributed by atoms with Crippen molar-refractivity contribution in [2.24, 2.45) is 0 Å². The van der Waals surface area contributed by atoms with Crippen molar-refractivity contribution < 1.29 is 18.3 Å². The van der Waals surface area contributed by atoms with E-state index in [0.29, 0.717) is 16.8 Å². The molecule has 5 nitrogen and oxygen atoms in total. The van der Waals surface area contributed by atoms with E-state index in [4.69, 9.17) is 28.3 Å². The fourth-order valence-electron chi connectivity index (χ4n) is 2.17. The van der Waals surface area contributed by atoms with Crippen LogP contribution < -0.4 is 4.72 Å². The van der Waals surface area contributed by atoms with Gasteiger partial charge in [-0.25, -0.2) is 13.2 Å². The normalized spacial score (nSPS) is 10.8. The lowest BCUT2D eigenvalue weighted by Gasteiger charge is -2.08. The van der Waals surface area contributed by atoms with Gasteiger partial charge in [0.25, 0.3) is 10.0 Å². The summed E-state index contributed by atoms with van der Waals surface area (Å²) in [6, 6.07) is 14.0. The lowest BCUT2D eigenvalue weighted by Crippen LogP contribution is -2.12. The zero-order valence-corrected chi connectivity index (χ0v) is 17.1. The van der Waals surface area contributed by atoms with E-state index >= 15 is 0 Å². The minimum absolute atomic E-state index is 0.00507. The molecule has 0 atom stereocenters. The molecule has 0 saturated heterocycles. The Morgan fingerprint density at radius 3 is 2.32 bits per heavy atom. The third-order valence-electron chi connectivity index (χ3n) is 3.53. The number of halogens is 2. The molecule has 1 heterocycles. The maximum absolute atomic E-state index is 12.6. The average Bonchev–Trinajstić information content (AvgIpc) is 3.01. The number of rotatable bonds is 4. The first kappa shape index (κ1) is 20.2. The standard InChI is InChI=1S/C19H11Cl2NO4S2/c20-15-11-17(27-18(15)21)28(25,26)22-16-4-2-1-3-13(16)8-5-12-6-9-14(10-7-12)19(23)24/h1-4,6-7,9-11,22H,(H,23,24). The van der Waals surface area contributed by atoms with E-state index in [1.807, 2.05) is 0 Å². The molecule has 28 heavy (non-hydrogen) atoms. The highest BCUT2D eigenvalue weighted by Gasteiger charge is 2.20. The highest BCUT2D eigenvalue weighted by Crippen LogP contribution is 2.35. The number of carboxylic acid groups (broad SMARTS) is 1. The molecule has 3 rings (SSSR count). The molecule has 0 spiro atoms. The van der Waals surface area contributed by atoms with E-state index in [9.17, 15) is 13.2 Å². The number of carboxylic acids is 1. The van der Waals surface area contributed by atoms with Crippen molar-refractivity contribution in [2.75, 3.05) is 4.72 Å². The van der Waals surface area contributed by atoms with Crippen LogP contribution in [0.1, 0.15) is 21.5 Å². The Morgan fingerprint density at radius 1 is 1.04 bits per heavy atom. The second kappa shape index (κ2) is 8.25. The Morgan fingerprint density at radius 2 is 1.71 bits per heavy atom. The summed E-state index contributed by atoms with van der Waals surface area (Å²) in [6.07, 6.45) is 0. The van der Waals surface area contributed by atoms with Gasteiger partial charge >= 0.3 is 5.97 Å². The molecule has 142 valence electrons. The topological polar surface area (TPSA) is 83.5 Å². The van der Waals surface area contributed by atoms with E-state index in [-0.39, 0.29) is 19.1 Å². The molecule has 0 fully saturated rings. The van der Waals surface area contributed by atoms with Gasteiger partial charge in [-0.15, -0.1) is 11.3 Å². The van der Waals surface area contributed by atoms with Crippen LogP contribution in [0.15, 0.2) is 58.8 Å². The van der Waals surface area contributed by atoms with Crippen LogP contribution in [0.4, 0.5) is 5.69 Å². The quantitative estimate of drug-likeness (QED) is 0.549. The number of benzene rings is 2. The number of thiophene rings is 1. The highest BCUT2D eigenvalue weighted by atomic mass is 35.5. The summed E-state index contributed by atoms with van der Waals surface area (Å²) in [5.41, 5.74) is 1.52. The Bertz CT molecular complexity index is 1190. The zero-order chi connectivity index (χ0) is 20.3. The molecule has 1 aromatic heterocycles. The van der Waals surface area contributed by atoms with Gasteiger partial charge in [0.1, 0.15) is 8.55 Å². The summed E-state index contributed by atoms with van der Waals surface area (Å²) >= 11 is 12.6. The number of hydrogen-bond acceptors (Lipinski definition) is 4. The van der Waals surface area contributed by atoms with Crippen LogP contribution in [0.25, 0.3) is 0 Å². The second-order valence-electron chi connectivity index (χ2n) is 5.47. The molecule has 0 bridgehead atoms. The third kappa shape index (κ3) is 4.66. The number of hydrogen-bond donors (Lipinski definition) is 2. The van der Waals surface area contributed by atoms with E-state index in [1.165, 1.54) is 18.2 Å². The molecule has 0 aliphatic rings. The van der Waals surface area contributed by atoms with Gasteiger partial charge in [0.05, 0.1) is 16.3 Å².